The first kappa shape index (κ1) is 15.8. The van der Waals surface area contributed by atoms with E-state index in [2.05, 4.69) is 0 Å². The molecule has 0 unspecified atom stereocenters. The van der Waals surface area contributed by atoms with Gasteiger partial charge in [-0.25, -0.2) is 0 Å². The first-order valence-corrected chi connectivity index (χ1v) is 7.37. The van der Waals surface area contributed by atoms with Crippen molar-refractivity contribution in [2.75, 3.05) is 6.79 Å². The van der Waals surface area contributed by atoms with Crippen LogP contribution in [-0.4, -0.2) is 17.7 Å². The van der Waals surface area contributed by atoms with Crippen molar-refractivity contribution in [1.29, 1.82) is 0 Å². The molecule has 2 aromatic carbocycles. The fourth-order valence-electron chi connectivity index (χ4n) is 2.42. The van der Waals surface area contributed by atoms with Crippen LogP contribution in [0.25, 0.3) is 0 Å². The minimum Gasteiger partial charge on any atom is -0.454 e. The minimum atomic E-state index is -0.472. The number of hydrogen-bond acceptors (Lipinski definition) is 6. The van der Waals surface area contributed by atoms with E-state index < -0.39 is 10.9 Å². The highest BCUT2D eigenvalue weighted by molar-refractivity contribution is 5.73. The standard InChI is InChI=1S/C17H15NO6/c1-11-8-13(4-5-14(11)18(20)21)24-17(19)7-3-12-2-6-15-16(9-12)23-10-22-15/h2,4-6,8-9H,3,7,10H2,1H3. The van der Waals surface area contributed by atoms with Gasteiger partial charge in [0.1, 0.15) is 5.75 Å². The number of hydrogen-bond donors (Lipinski definition) is 0. The van der Waals surface area contributed by atoms with Crippen molar-refractivity contribution < 1.29 is 23.9 Å². The monoisotopic (exact) mass is 329 g/mol. The second-order valence-electron chi connectivity index (χ2n) is 5.37. The molecule has 2 aromatic rings. The van der Waals surface area contributed by atoms with Crippen molar-refractivity contribution in [3.8, 4) is 17.2 Å². The number of rotatable bonds is 5. The maximum Gasteiger partial charge on any atom is 0.311 e. The second kappa shape index (κ2) is 6.57. The summed E-state index contributed by atoms with van der Waals surface area (Å²) in [6.45, 7) is 1.81. The fraction of sp³-hybridized carbons (Fsp3) is 0.235. The molecule has 124 valence electrons. The Bertz CT molecular complexity index is 802. The van der Waals surface area contributed by atoms with Gasteiger partial charge in [-0.3, -0.25) is 14.9 Å². The smallest absolute Gasteiger partial charge is 0.311 e. The van der Waals surface area contributed by atoms with Crippen LogP contribution in [-0.2, 0) is 11.2 Å². The zero-order valence-electron chi connectivity index (χ0n) is 13.0. The third-order valence-electron chi connectivity index (χ3n) is 3.65. The maximum absolute atomic E-state index is 11.9. The quantitative estimate of drug-likeness (QED) is 0.362. The average Bonchev–Trinajstić information content (AvgIpc) is 3.00. The van der Waals surface area contributed by atoms with Crippen LogP contribution in [0.5, 0.6) is 17.2 Å². The highest BCUT2D eigenvalue weighted by atomic mass is 16.7. The molecule has 0 atom stereocenters. The predicted octanol–water partition coefficient (Wildman–Crippen LogP) is 3.17. The second-order valence-corrected chi connectivity index (χ2v) is 5.37. The molecule has 0 saturated carbocycles. The van der Waals surface area contributed by atoms with E-state index in [1.807, 2.05) is 18.2 Å². The lowest BCUT2D eigenvalue weighted by molar-refractivity contribution is -0.385. The molecule has 0 saturated heterocycles. The lowest BCUT2D eigenvalue weighted by Gasteiger charge is -2.06. The molecule has 0 spiro atoms. The molecular formula is C17H15NO6. The van der Waals surface area contributed by atoms with E-state index in [-0.39, 0.29) is 18.9 Å². The third kappa shape index (κ3) is 3.45. The summed E-state index contributed by atoms with van der Waals surface area (Å²) in [7, 11) is 0. The van der Waals surface area contributed by atoms with Gasteiger partial charge < -0.3 is 14.2 Å². The van der Waals surface area contributed by atoms with Gasteiger partial charge in [0, 0.05) is 18.1 Å². The van der Waals surface area contributed by atoms with Crippen LogP contribution in [0.15, 0.2) is 36.4 Å². The molecule has 7 heteroatoms. The molecular weight excluding hydrogens is 314 g/mol. The van der Waals surface area contributed by atoms with Crippen molar-refractivity contribution in [2.45, 2.75) is 19.8 Å². The first-order chi connectivity index (χ1) is 11.5. The molecule has 0 bridgehead atoms. The third-order valence-corrected chi connectivity index (χ3v) is 3.65. The number of nitrogens with zero attached hydrogens (tertiary/aromatic N) is 1. The number of nitro benzene ring substituents is 1. The Morgan fingerprint density at radius 3 is 2.75 bits per heavy atom. The lowest BCUT2D eigenvalue weighted by Crippen LogP contribution is -2.09. The SMILES string of the molecule is Cc1cc(OC(=O)CCc2ccc3c(c2)OCO3)ccc1[N+](=O)[O-]. The number of nitro groups is 1. The van der Waals surface area contributed by atoms with Crippen LogP contribution in [0.3, 0.4) is 0 Å². The predicted molar refractivity (Wildman–Crippen MR) is 84.4 cm³/mol. The summed E-state index contributed by atoms with van der Waals surface area (Å²) in [5.41, 5.74) is 1.38. The molecule has 0 radical (unpaired) electrons. The van der Waals surface area contributed by atoms with Gasteiger partial charge >= 0.3 is 5.97 Å². The number of carbonyl (C=O) groups excluding carboxylic acids is 1. The van der Waals surface area contributed by atoms with Crippen LogP contribution >= 0.6 is 0 Å². The van der Waals surface area contributed by atoms with Crippen LogP contribution < -0.4 is 14.2 Å². The lowest BCUT2D eigenvalue weighted by atomic mass is 10.1. The Morgan fingerprint density at radius 1 is 1.21 bits per heavy atom. The molecule has 0 N–H and O–H groups in total. The van der Waals surface area contributed by atoms with Gasteiger partial charge in [0.05, 0.1) is 4.92 Å². The van der Waals surface area contributed by atoms with Crippen LogP contribution in [0.4, 0.5) is 5.69 Å². The highest BCUT2D eigenvalue weighted by Gasteiger charge is 2.15. The number of aryl methyl sites for hydroxylation is 2. The van der Waals surface area contributed by atoms with Gasteiger partial charge in [-0.1, -0.05) is 6.07 Å². The van der Waals surface area contributed by atoms with E-state index in [4.69, 9.17) is 14.2 Å². The van der Waals surface area contributed by atoms with Gasteiger partial charge in [-0.05, 0) is 43.2 Å². The van der Waals surface area contributed by atoms with Crippen molar-refractivity contribution in [1.82, 2.24) is 0 Å². The molecule has 1 heterocycles. The molecule has 0 aliphatic carbocycles. The maximum atomic E-state index is 11.9. The largest absolute Gasteiger partial charge is 0.454 e. The Kier molecular flexibility index (Phi) is 4.33. The van der Waals surface area contributed by atoms with Crippen molar-refractivity contribution in [3.05, 3.63) is 57.6 Å². The number of esters is 1. The number of benzene rings is 2. The Balaban J connectivity index is 1.58. The summed E-state index contributed by atoms with van der Waals surface area (Å²) in [6, 6.07) is 9.75. The molecule has 1 aliphatic heterocycles. The number of fused-ring (bicyclic) bond motifs is 1. The van der Waals surface area contributed by atoms with Crippen LogP contribution in [0.2, 0.25) is 0 Å². The Labute approximate surface area is 137 Å². The fourth-order valence-corrected chi connectivity index (χ4v) is 2.42. The van der Waals surface area contributed by atoms with Crippen molar-refractivity contribution >= 4 is 11.7 Å². The molecule has 1 aliphatic rings. The zero-order valence-corrected chi connectivity index (χ0v) is 13.0. The van der Waals surface area contributed by atoms with E-state index in [1.165, 1.54) is 18.2 Å². The first-order valence-electron chi connectivity index (χ1n) is 7.37. The van der Waals surface area contributed by atoms with Gasteiger partial charge in [0.15, 0.2) is 11.5 Å². The van der Waals surface area contributed by atoms with Gasteiger partial charge in [0.25, 0.3) is 5.69 Å². The summed E-state index contributed by atoms with van der Waals surface area (Å²) < 4.78 is 15.8. The normalized spacial score (nSPS) is 12.0. The zero-order chi connectivity index (χ0) is 17.1. The van der Waals surface area contributed by atoms with E-state index >= 15 is 0 Å². The van der Waals surface area contributed by atoms with E-state index in [9.17, 15) is 14.9 Å². The number of carbonyl (C=O) groups is 1. The Morgan fingerprint density at radius 2 is 2.00 bits per heavy atom. The van der Waals surface area contributed by atoms with Gasteiger partial charge in [-0.2, -0.15) is 0 Å². The Hall–Kier alpha value is -3.09. The van der Waals surface area contributed by atoms with E-state index in [1.54, 1.807) is 6.92 Å². The minimum absolute atomic E-state index is 0.00448. The molecule has 0 fully saturated rings. The summed E-state index contributed by atoms with van der Waals surface area (Å²) >= 11 is 0. The number of ether oxygens (including phenoxy) is 3. The molecule has 0 aromatic heterocycles. The van der Waals surface area contributed by atoms with Crippen molar-refractivity contribution in [2.24, 2.45) is 0 Å². The molecule has 7 nitrogen and oxygen atoms in total. The van der Waals surface area contributed by atoms with Crippen LogP contribution in [0.1, 0.15) is 17.5 Å². The van der Waals surface area contributed by atoms with Gasteiger partial charge in [-0.15, -0.1) is 0 Å². The van der Waals surface area contributed by atoms with Gasteiger partial charge in [0.2, 0.25) is 6.79 Å². The summed E-state index contributed by atoms with van der Waals surface area (Å²) in [4.78, 5) is 22.2. The topological polar surface area (TPSA) is 87.9 Å². The molecule has 0 amide bonds. The molecule has 3 rings (SSSR count). The van der Waals surface area contributed by atoms with Crippen molar-refractivity contribution in [3.63, 3.8) is 0 Å². The summed E-state index contributed by atoms with van der Waals surface area (Å²) in [6.07, 6.45) is 0.692. The summed E-state index contributed by atoms with van der Waals surface area (Å²) in [5.74, 6) is 1.27. The highest BCUT2D eigenvalue weighted by Crippen LogP contribution is 2.32. The van der Waals surface area contributed by atoms with Crippen LogP contribution in [0, 0.1) is 17.0 Å². The van der Waals surface area contributed by atoms with E-state index in [0.717, 1.165) is 5.56 Å². The average molecular weight is 329 g/mol. The summed E-state index contributed by atoms with van der Waals surface area (Å²) in [5, 5.41) is 10.8. The van der Waals surface area contributed by atoms with E-state index in [0.29, 0.717) is 29.2 Å². The molecule has 24 heavy (non-hydrogen) atoms.